The van der Waals surface area contributed by atoms with Crippen molar-refractivity contribution < 1.29 is 5.11 Å². The van der Waals surface area contributed by atoms with Crippen molar-refractivity contribution in [2.75, 3.05) is 0 Å². The average molecular weight is 193 g/mol. The van der Waals surface area contributed by atoms with Crippen molar-refractivity contribution in [3.63, 3.8) is 0 Å². The molecule has 0 saturated heterocycles. The van der Waals surface area contributed by atoms with Crippen LogP contribution in [0.4, 0.5) is 0 Å². The average Bonchev–Trinajstić information content (AvgIpc) is 2.23. The lowest BCUT2D eigenvalue weighted by Gasteiger charge is -2.21. The van der Waals surface area contributed by atoms with Crippen LogP contribution in [0.5, 0.6) is 5.75 Å². The molecule has 3 nitrogen and oxygen atoms in total. The lowest BCUT2D eigenvalue weighted by Crippen LogP contribution is -2.13. The summed E-state index contributed by atoms with van der Waals surface area (Å²) in [5.74, 6) is 0.293. The van der Waals surface area contributed by atoms with E-state index in [2.05, 4.69) is 4.98 Å². The van der Waals surface area contributed by atoms with E-state index < -0.39 is 0 Å². The molecule has 3 heteroatoms. The normalized spacial score (nSPS) is 18.3. The van der Waals surface area contributed by atoms with Crippen molar-refractivity contribution >= 4 is 0 Å². The van der Waals surface area contributed by atoms with E-state index in [1.54, 1.807) is 0 Å². The molecule has 1 aliphatic carbocycles. The first-order chi connectivity index (χ1) is 6.77. The molecule has 2 rings (SSSR count). The molecule has 0 spiro atoms. The van der Waals surface area contributed by atoms with Gasteiger partial charge in [0.15, 0.2) is 5.75 Å². The molecule has 0 bridgehead atoms. The van der Waals surface area contributed by atoms with Gasteiger partial charge in [0.1, 0.15) is 0 Å². The fourth-order valence-corrected chi connectivity index (χ4v) is 2.13. The second-order valence-corrected chi connectivity index (χ2v) is 3.96. The van der Waals surface area contributed by atoms with E-state index in [0.29, 0.717) is 5.92 Å². The molecule has 2 N–H and O–H groups in total. The number of hydrogen-bond donors (Lipinski definition) is 2. The fourth-order valence-electron chi connectivity index (χ4n) is 2.13. The van der Waals surface area contributed by atoms with Gasteiger partial charge in [-0.3, -0.25) is 4.79 Å². The minimum absolute atomic E-state index is 0.190. The van der Waals surface area contributed by atoms with Crippen LogP contribution in [0.3, 0.4) is 0 Å². The zero-order valence-corrected chi connectivity index (χ0v) is 8.12. The molecule has 14 heavy (non-hydrogen) atoms. The zero-order chi connectivity index (χ0) is 9.97. The van der Waals surface area contributed by atoms with Crippen LogP contribution in [0.25, 0.3) is 0 Å². The van der Waals surface area contributed by atoms with Crippen molar-refractivity contribution in [1.29, 1.82) is 0 Å². The molecule has 0 aliphatic heterocycles. The van der Waals surface area contributed by atoms with Crippen LogP contribution in [-0.2, 0) is 0 Å². The number of H-pyrrole nitrogens is 1. The molecule has 0 atom stereocenters. The molecule has 0 unspecified atom stereocenters. The van der Waals surface area contributed by atoms with Crippen LogP contribution in [-0.4, -0.2) is 10.1 Å². The Bertz CT molecular complexity index is 364. The van der Waals surface area contributed by atoms with Gasteiger partial charge in [0.2, 0.25) is 0 Å². The van der Waals surface area contributed by atoms with Gasteiger partial charge in [0.05, 0.1) is 0 Å². The molecular weight excluding hydrogens is 178 g/mol. The second kappa shape index (κ2) is 3.86. The Balaban J connectivity index is 2.23. The summed E-state index contributed by atoms with van der Waals surface area (Å²) >= 11 is 0. The van der Waals surface area contributed by atoms with Gasteiger partial charge in [-0.1, -0.05) is 19.3 Å². The summed E-state index contributed by atoms with van der Waals surface area (Å²) in [4.78, 5) is 13.9. The van der Waals surface area contributed by atoms with Crippen LogP contribution >= 0.6 is 0 Å². The largest absolute Gasteiger partial charge is 0.503 e. The number of aromatic hydroxyl groups is 1. The number of nitrogens with one attached hydrogen (secondary N) is 1. The highest BCUT2D eigenvalue weighted by molar-refractivity contribution is 5.20. The predicted molar refractivity (Wildman–Crippen MR) is 54.6 cm³/mol. The van der Waals surface area contributed by atoms with E-state index in [1.807, 2.05) is 6.07 Å². The highest BCUT2D eigenvalue weighted by atomic mass is 16.3. The fraction of sp³-hybridized carbons (Fsp3) is 0.545. The molecule has 1 aromatic heterocycles. The molecule has 1 fully saturated rings. The van der Waals surface area contributed by atoms with Gasteiger partial charge >= 0.3 is 0 Å². The molecule has 1 aliphatic rings. The predicted octanol–water partition coefficient (Wildman–Crippen LogP) is 2.13. The molecule has 1 aromatic rings. The van der Waals surface area contributed by atoms with E-state index in [-0.39, 0.29) is 11.3 Å². The Kier molecular flexibility index (Phi) is 2.57. The van der Waals surface area contributed by atoms with Gasteiger partial charge in [0.25, 0.3) is 5.56 Å². The summed E-state index contributed by atoms with van der Waals surface area (Å²) in [7, 11) is 0. The first-order valence-electron chi connectivity index (χ1n) is 5.19. The van der Waals surface area contributed by atoms with E-state index in [0.717, 1.165) is 18.5 Å². The van der Waals surface area contributed by atoms with Gasteiger partial charge < -0.3 is 10.1 Å². The summed E-state index contributed by atoms with van der Waals surface area (Å²) < 4.78 is 0. The van der Waals surface area contributed by atoms with Crippen LogP contribution in [0.2, 0.25) is 0 Å². The van der Waals surface area contributed by atoms with Crippen molar-refractivity contribution in [3.05, 3.63) is 28.2 Å². The number of pyridine rings is 1. The molecule has 1 saturated carbocycles. The summed E-state index contributed by atoms with van der Waals surface area (Å²) in [5, 5.41) is 9.10. The molecular formula is C11H15NO2. The van der Waals surface area contributed by atoms with Crippen LogP contribution in [0.15, 0.2) is 16.9 Å². The van der Waals surface area contributed by atoms with Crippen LogP contribution in [0.1, 0.15) is 43.7 Å². The Morgan fingerprint density at radius 1 is 1.21 bits per heavy atom. The van der Waals surface area contributed by atoms with E-state index in [4.69, 9.17) is 5.11 Å². The number of aromatic nitrogens is 1. The quantitative estimate of drug-likeness (QED) is 0.717. The smallest absolute Gasteiger partial charge is 0.290 e. The molecule has 76 valence electrons. The third kappa shape index (κ3) is 1.81. The highest BCUT2D eigenvalue weighted by Crippen LogP contribution is 2.31. The second-order valence-electron chi connectivity index (χ2n) is 3.96. The Hall–Kier alpha value is -1.25. The topological polar surface area (TPSA) is 53.1 Å². The maximum atomic E-state index is 11.2. The zero-order valence-electron chi connectivity index (χ0n) is 8.12. The van der Waals surface area contributed by atoms with E-state index in [9.17, 15) is 4.79 Å². The van der Waals surface area contributed by atoms with Crippen LogP contribution in [0, 0.1) is 0 Å². The van der Waals surface area contributed by atoms with Gasteiger partial charge in [-0.2, -0.15) is 0 Å². The Labute approximate surface area is 82.8 Å². The van der Waals surface area contributed by atoms with Gasteiger partial charge in [0, 0.05) is 5.69 Å². The number of aromatic amines is 1. The maximum absolute atomic E-state index is 11.2. The summed E-state index contributed by atoms with van der Waals surface area (Å²) in [6.45, 7) is 0. The molecule has 0 amide bonds. The molecule has 0 aromatic carbocycles. The molecule has 1 heterocycles. The third-order valence-electron chi connectivity index (χ3n) is 2.96. The molecule has 0 radical (unpaired) electrons. The SMILES string of the molecule is O=c1[nH]c(C2CCCCC2)ccc1O. The van der Waals surface area contributed by atoms with E-state index >= 15 is 0 Å². The lowest BCUT2D eigenvalue weighted by atomic mass is 9.87. The lowest BCUT2D eigenvalue weighted by molar-refractivity contribution is 0.431. The maximum Gasteiger partial charge on any atom is 0.290 e. The standard InChI is InChI=1S/C11H15NO2/c13-10-7-6-9(12-11(10)14)8-4-2-1-3-5-8/h6-8,13H,1-5H2,(H,12,14). The van der Waals surface area contributed by atoms with Crippen molar-refractivity contribution in [1.82, 2.24) is 4.98 Å². The minimum atomic E-state index is -0.368. The van der Waals surface area contributed by atoms with Crippen LogP contribution < -0.4 is 5.56 Å². The van der Waals surface area contributed by atoms with E-state index in [1.165, 1.54) is 25.3 Å². The Morgan fingerprint density at radius 2 is 1.93 bits per heavy atom. The van der Waals surface area contributed by atoms with Crippen molar-refractivity contribution in [2.45, 2.75) is 38.0 Å². The first-order valence-corrected chi connectivity index (χ1v) is 5.19. The first kappa shape index (κ1) is 9.31. The van der Waals surface area contributed by atoms with Gasteiger partial charge in [-0.25, -0.2) is 0 Å². The monoisotopic (exact) mass is 193 g/mol. The summed E-state index contributed by atoms with van der Waals surface area (Å²) in [6, 6.07) is 3.31. The van der Waals surface area contributed by atoms with Gasteiger partial charge in [-0.05, 0) is 30.9 Å². The Morgan fingerprint density at radius 3 is 2.57 bits per heavy atom. The number of rotatable bonds is 1. The third-order valence-corrected chi connectivity index (χ3v) is 2.96. The van der Waals surface area contributed by atoms with Crippen molar-refractivity contribution in [3.8, 4) is 5.75 Å². The van der Waals surface area contributed by atoms with Crippen molar-refractivity contribution in [2.24, 2.45) is 0 Å². The summed E-state index contributed by atoms with van der Waals surface area (Å²) in [5.41, 5.74) is 0.612. The minimum Gasteiger partial charge on any atom is -0.503 e. The summed E-state index contributed by atoms with van der Waals surface area (Å²) in [6.07, 6.45) is 6.10. The number of hydrogen-bond acceptors (Lipinski definition) is 2. The van der Waals surface area contributed by atoms with Gasteiger partial charge in [-0.15, -0.1) is 0 Å². The highest BCUT2D eigenvalue weighted by Gasteiger charge is 2.16.